The number of carbonyl (C=O) groups excluding carboxylic acids is 1. The van der Waals surface area contributed by atoms with Crippen molar-refractivity contribution in [2.75, 3.05) is 7.11 Å². The van der Waals surface area contributed by atoms with Crippen molar-refractivity contribution in [2.45, 2.75) is 25.7 Å². The molecule has 25 heavy (non-hydrogen) atoms. The third kappa shape index (κ3) is 5.05. The van der Waals surface area contributed by atoms with Crippen molar-refractivity contribution in [3.8, 4) is 0 Å². The van der Waals surface area contributed by atoms with Gasteiger partial charge in [0.15, 0.2) is 0 Å². The van der Waals surface area contributed by atoms with Crippen LogP contribution in [0.15, 0.2) is 66.2 Å². The van der Waals surface area contributed by atoms with Gasteiger partial charge in [-0.05, 0) is 22.3 Å². The molecular formula is C21H22O4. The first-order valence-corrected chi connectivity index (χ1v) is 8.13. The van der Waals surface area contributed by atoms with Crippen LogP contribution in [0.2, 0.25) is 0 Å². The summed E-state index contributed by atoms with van der Waals surface area (Å²) in [6, 6.07) is 19.4. The smallest absolute Gasteiger partial charge is 0.309 e. The lowest BCUT2D eigenvalue weighted by atomic mass is 9.83. The Morgan fingerprint density at radius 2 is 1.52 bits per heavy atom. The molecule has 0 spiro atoms. The van der Waals surface area contributed by atoms with Gasteiger partial charge in [-0.3, -0.25) is 9.59 Å². The van der Waals surface area contributed by atoms with Crippen LogP contribution in [-0.4, -0.2) is 24.2 Å². The molecule has 0 bridgehead atoms. The lowest BCUT2D eigenvalue weighted by Gasteiger charge is -2.21. The monoisotopic (exact) mass is 338 g/mol. The summed E-state index contributed by atoms with van der Waals surface area (Å²) in [5.41, 5.74) is 3.41. The molecule has 0 aliphatic heterocycles. The van der Waals surface area contributed by atoms with Crippen molar-refractivity contribution in [3.05, 3.63) is 77.4 Å². The van der Waals surface area contributed by atoms with E-state index in [1.54, 1.807) is 0 Å². The zero-order chi connectivity index (χ0) is 18.2. The SMILES string of the molecule is COC(=O)C/C(CC(=O)O)=C(/c1ccccc1)C(C)c1ccccc1. The molecule has 4 heteroatoms. The van der Waals surface area contributed by atoms with Gasteiger partial charge < -0.3 is 9.84 Å². The Morgan fingerprint density at radius 1 is 0.960 bits per heavy atom. The third-order valence-electron chi connectivity index (χ3n) is 4.15. The molecule has 1 unspecified atom stereocenters. The molecule has 2 aromatic carbocycles. The fraction of sp³-hybridized carbons (Fsp3) is 0.238. The zero-order valence-corrected chi connectivity index (χ0v) is 14.4. The van der Waals surface area contributed by atoms with Gasteiger partial charge in [-0.2, -0.15) is 0 Å². The van der Waals surface area contributed by atoms with Crippen LogP contribution in [0.5, 0.6) is 0 Å². The van der Waals surface area contributed by atoms with E-state index >= 15 is 0 Å². The van der Waals surface area contributed by atoms with E-state index in [-0.39, 0.29) is 18.8 Å². The summed E-state index contributed by atoms with van der Waals surface area (Å²) in [6.07, 6.45) is -0.235. The van der Waals surface area contributed by atoms with Crippen LogP contribution in [0.1, 0.15) is 36.8 Å². The van der Waals surface area contributed by atoms with E-state index in [4.69, 9.17) is 4.74 Å². The molecule has 0 saturated heterocycles. The number of benzene rings is 2. The minimum absolute atomic E-state index is 0.0375. The van der Waals surface area contributed by atoms with Crippen LogP contribution in [0.3, 0.4) is 0 Å². The summed E-state index contributed by atoms with van der Waals surface area (Å²) in [4.78, 5) is 23.2. The lowest BCUT2D eigenvalue weighted by Crippen LogP contribution is -2.10. The molecule has 0 aromatic heterocycles. The number of esters is 1. The van der Waals surface area contributed by atoms with Gasteiger partial charge in [-0.1, -0.05) is 67.6 Å². The number of allylic oxidation sites excluding steroid dienone is 1. The van der Waals surface area contributed by atoms with E-state index < -0.39 is 11.9 Å². The Bertz CT molecular complexity index is 748. The molecule has 0 radical (unpaired) electrons. The van der Waals surface area contributed by atoms with E-state index in [0.29, 0.717) is 5.57 Å². The van der Waals surface area contributed by atoms with Gasteiger partial charge in [0, 0.05) is 5.92 Å². The molecule has 2 rings (SSSR count). The fourth-order valence-electron chi connectivity index (χ4n) is 2.97. The van der Waals surface area contributed by atoms with E-state index in [9.17, 15) is 14.7 Å². The second-order valence-corrected chi connectivity index (χ2v) is 5.84. The first-order valence-electron chi connectivity index (χ1n) is 8.13. The van der Waals surface area contributed by atoms with Crippen LogP contribution in [0.4, 0.5) is 0 Å². The molecule has 0 fully saturated rings. The summed E-state index contributed by atoms with van der Waals surface area (Å²) in [6.45, 7) is 2.02. The highest BCUT2D eigenvalue weighted by atomic mass is 16.5. The number of methoxy groups -OCH3 is 1. The number of hydrogen-bond donors (Lipinski definition) is 1. The summed E-state index contributed by atoms with van der Waals surface area (Å²) in [5.74, 6) is -1.46. The van der Waals surface area contributed by atoms with E-state index in [2.05, 4.69) is 0 Å². The van der Waals surface area contributed by atoms with Crippen LogP contribution in [0, 0.1) is 0 Å². The van der Waals surface area contributed by atoms with Gasteiger partial charge in [-0.15, -0.1) is 0 Å². The number of carbonyl (C=O) groups is 2. The van der Waals surface area contributed by atoms with Crippen molar-refractivity contribution >= 4 is 17.5 Å². The lowest BCUT2D eigenvalue weighted by molar-refractivity contribution is -0.139. The second-order valence-electron chi connectivity index (χ2n) is 5.84. The Balaban J connectivity index is 2.60. The van der Waals surface area contributed by atoms with E-state index in [1.807, 2.05) is 67.6 Å². The number of carboxylic acid groups (broad SMARTS) is 1. The molecule has 130 valence electrons. The fourth-order valence-corrected chi connectivity index (χ4v) is 2.97. The van der Waals surface area contributed by atoms with Gasteiger partial charge in [-0.25, -0.2) is 0 Å². The topological polar surface area (TPSA) is 63.6 Å². The number of rotatable bonds is 7. The van der Waals surface area contributed by atoms with Gasteiger partial charge >= 0.3 is 11.9 Å². The average molecular weight is 338 g/mol. The average Bonchev–Trinajstić information content (AvgIpc) is 2.62. The molecular weight excluding hydrogens is 316 g/mol. The minimum Gasteiger partial charge on any atom is -0.481 e. The van der Waals surface area contributed by atoms with Crippen molar-refractivity contribution in [3.63, 3.8) is 0 Å². The van der Waals surface area contributed by atoms with Crippen LogP contribution < -0.4 is 0 Å². The second kappa shape index (κ2) is 8.83. The van der Waals surface area contributed by atoms with Crippen LogP contribution >= 0.6 is 0 Å². The molecule has 0 heterocycles. The Labute approximate surface area is 147 Å². The maximum Gasteiger partial charge on any atom is 0.309 e. The number of carboxylic acids is 1. The summed E-state index contributed by atoms with van der Waals surface area (Å²) >= 11 is 0. The number of ether oxygens (including phenoxy) is 1. The van der Waals surface area contributed by atoms with E-state index in [0.717, 1.165) is 16.7 Å². The first kappa shape index (κ1) is 18.5. The maximum atomic E-state index is 11.8. The molecule has 1 N–H and O–H groups in total. The predicted octanol–water partition coefficient (Wildman–Crippen LogP) is 4.28. The maximum absolute atomic E-state index is 11.8. The quantitative estimate of drug-likeness (QED) is 0.765. The van der Waals surface area contributed by atoms with Crippen molar-refractivity contribution in [1.29, 1.82) is 0 Å². The molecule has 0 aliphatic carbocycles. The Morgan fingerprint density at radius 3 is 2.04 bits per heavy atom. The van der Waals surface area contributed by atoms with Crippen LogP contribution in [-0.2, 0) is 14.3 Å². The molecule has 0 amide bonds. The highest BCUT2D eigenvalue weighted by Crippen LogP contribution is 2.36. The number of aliphatic carboxylic acids is 1. The van der Waals surface area contributed by atoms with Crippen molar-refractivity contribution < 1.29 is 19.4 Å². The molecule has 1 atom stereocenters. The van der Waals surface area contributed by atoms with Gasteiger partial charge in [0.25, 0.3) is 0 Å². The Hall–Kier alpha value is -2.88. The molecule has 0 aliphatic rings. The van der Waals surface area contributed by atoms with Gasteiger partial charge in [0.05, 0.1) is 20.0 Å². The minimum atomic E-state index is -0.965. The van der Waals surface area contributed by atoms with E-state index in [1.165, 1.54) is 7.11 Å². The molecule has 4 nitrogen and oxygen atoms in total. The van der Waals surface area contributed by atoms with Crippen molar-refractivity contribution in [2.24, 2.45) is 0 Å². The molecule has 2 aromatic rings. The highest BCUT2D eigenvalue weighted by Gasteiger charge is 2.21. The zero-order valence-electron chi connectivity index (χ0n) is 14.4. The highest BCUT2D eigenvalue weighted by molar-refractivity contribution is 5.85. The van der Waals surface area contributed by atoms with Gasteiger partial charge in [0.2, 0.25) is 0 Å². The first-order chi connectivity index (χ1) is 12.0. The predicted molar refractivity (Wildman–Crippen MR) is 97.1 cm³/mol. The largest absolute Gasteiger partial charge is 0.481 e. The summed E-state index contributed by atoms with van der Waals surface area (Å²) in [7, 11) is 1.31. The third-order valence-corrected chi connectivity index (χ3v) is 4.15. The van der Waals surface area contributed by atoms with Gasteiger partial charge in [0.1, 0.15) is 0 Å². The Kier molecular flexibility index (Phi) is 6.52. The molecule has 0 saturated carbocycles. The van der Waals surface area contributed by atoms with Crippen LogP contribution in [0.25, 0.3) is 5.57 Å². The summed E-state index contributed by atoms with van der Waals surface area (Å²) < 4.78 is 4.77. The normalized spacial score (nSPS) is 12.9. The van der Waals surface area contributed by atoms with Crippen molar-refractivity contribution in [1.82, 2.24) is 0 Å². The standard InChI is InChI=1S/C21H22O4/c1-15(16-9-5-3-6-10-16)21(17-11-7-4-8-12-17)18(13-19(22)23)14-20(24)25-2/h3-12,15H,13-14H2,1-2H3,(H,22,23)/b21-18+. The number of hydrogen-bond acceptors (Lipinski definition) is 3. The summed E-state index contributed by atoms with van der Waals surface area (Å²) in [5, 5.41) is 9.33.